The van der Waals surface area contributed by atoms with Crippen molar-refractivity contribution in [1.82, 2.24) is 28.8 Å². The SMILES string of the molecule is CN(C)P(Cl)(N(C)C)(N(C)C)n1nnc2ccccc21. The van der Waals surface area contributed by atoms with E-state index in [-0.39, 0.29) is 0 Å². The normalized spacial score (nSPS) is 15.2. The van der Waals surface area contributed by atoms with Crippen LogP contribution in [0.15, 0.2) is 24.3 Å². The molecule has 2 aromatic rings. The fourth-order valence-corrected chi connectivity index (χ4v) is 6.91. The standard InChI is InChI=1S/C12H22ClN6P/c1-16(2)20(13,17(3)4,18(5)6)19-12-10-8-7-9-11(12)14-15-19/h7-10H,1-6H3. The Morgan fingerprint density at radius 1 is 0.950 bits per heavy atom. The second-order valence-corrected chi connectivity index (χ2v) is 11.6. The summed E-state index contributed by atoms with van der Waals surface area (Å²) >= 11 is 7.32. The number of aromatic nitrogens is 3. The summed E-state index contributed by atoms with van der Waals surface area (Å²) in [4.78, 5) is 0. The molecule has 6 nitrogen and oxygen atoms in total. The zero-order chi connectivity index (χ0) is 15.2. The van der Waals surface area contributed by atoms with Crippen molar-refractivity contribution >= 4 is 28.8 Å². The Labute approximate surface area is 124 Å². The maximum absolute atomic E-state index is 7.32. The van der Waals surface area contributed by atoms with Gasteiger partial charge in [0.2, 0.25) is 0 Å². The minimum absolute atomic E-state index is 0.840. The van der Waals surface area contributed by atoms with Crippen molar-refractivity contribution in [2.45, 2.75) is 0 Å². The Morgan fingerprint density at radius 3 is 1.95 bits per heavy atom. The zero-order valence-corrected chi connectivity index (χ0v) is 14.5. The van der Waals surface area contributed by atoms with Crippen LogP contribution in [-0.4, -0.2) is 71.1 Å². The van der Waals surface area contributed by atoms with Crippen LogP contribution in [0.2, 0.25) is 0 Å². The van der Waals surface area contributed by atoms with Crippen LogP contribution in [0.5, 0.6) is 0 Å². The van der Waals surface area contributed by atoms with Crippen molar-refractivity contribution in [3.8, 4) is 0 Å². The van der Waals surface area contributed by atoms with Crippen LogP contribution in [-0.2, 0) is 0 Å². The summed E-state index contributed by atoms with van der Waals surface area (Å²) in [6.45, 7) is -3.30. The second kappa shape index (κ2) is 4.90. The summed E-state index contributed by atoms with van der Waals surface area (Å²) in [5.41, 5.74) is 1.77. The quantitative estimate of drug-likeness (QED) is 0.810. The van der Waals surface area contributed by atoms with E-state index in [4.69, 9.17) is 11.2 Å². The Kier molecular flexibility index (Phi) is 3.82. The van der Waals surface area contributed by atoms with Crippen LogP contribution >= 0.6 is 17.8 Å². The molecule has 0 aliphatic rings. The fraction of sp³-hybridized carbons (Fsp3) is 0.500. The van der Waals surface area contributed by atoms with Gasteiger partial charge < -0.3 is 0 Å². The van der Waals surface area contributed by atoms with Crippen molar-refractivity contribution in [3.63, 3.8) is 0 Å². The predicted molar refractivity (Wildman–Crippen MR) is 86.8 cm³/mol. The summed E-state index contributed by atoms with van der Waals surface area (Å²) in [6, 6.07) is 7.86. The molecule has 0 unspecified atom stereocenters. The zero-order valence-electron chi connectivity index (χ0n) is 12.8. The van der Waals surface area contributed by atoms with Gasteiger partial charge in [-0.15, -0.1) is 0 Å². The average Bonchev–Trinajstić information content (AvgIpc) is 2.81. The van der Waals surface area contributed by atoms with Crippen molar-refractivity contribution in [1.29, 1.82) is 0 Å². The molecule has 2 rings (SSSR count). The van der Waals surface area contributed by atoms with E-state index in [1.165, 1.54) is 0 Å². The van der Waals surface area contributed by atoms with E-state index in [9.17, 15) is 0 Å². The monoisotopic (exact) mass is 316 g/mol. The van der Waals surface area contributed by atoms with Gasteiger partial charge in [-0.1, -0.05) is 0 Å². The number of para-hydroxylation sites is 1. The van der Waals surface area contributed by atoms with Crippen LogP contribution in [0.3, 0.4) is 0 Å². The van der Waals surface area contributed by atoms with Crippen molar-refractivity contribution in [3.05, 3.63) is 24.3 Å². The van der Waals surface area contributed by atoms with Crippen LogP contribution < -0.4 is 0 Å². The van der Waals surface area contributed by atoms with Gasteiger partial charge in [0.25, 0.3) is 0 Å². The van der Waals surface area contributed by atoms with E-state index in [1.54, 1.807) is 0 Å². The molecule has 0 atom stereocenters. The summed E-state index contributed by atoms with van der Waals surface area (Å²) in [7, 11) is 11.8. The average molecular weight is 317 g/mol. The van der Waals surface area contributed by atoms with Gasteiger partial charge in [-0.3, -0.25) is 0 Å². The maximum atomic E-state index is 7.32. The van der Waals surface area contributed by atoms with Gasteiger partial charge in [0.1, 0.15) is 0 Å². The molecule has 20 heavy (non-hydrogen) atoms. The van der Waals surface area contributed by atoms with E-state index in [2.05, 4.69) is 10.3 Å². The summed E-state index contributed by atoms with van der Waals surface area (Å²) in [6.07, 6.45) is 0. The second-order valence-electron chi connectivity index (χ2n) is 5.35. The Bertz CT molecular complexity index is 599. The Balaban J connectivity index is 2.89. The molecular weight excluding hydrogens is 295 g/mol. The van der Waals surface area contributed by atoms with Gasteiger partial charge in [-0.2, -0.15) is 0 Å². The van der Waals surface area contributed by atoms with E-state index in [0.29, 0.717) is 0 Å². The molecular formula is C12H22ClN6P. The first kappa shape index (κ1) is 15.6. The molecule has 0 N–H and O–H groups in total. The van der Waals surface area contributed by atoms with Gasteiger partial charge in [0.15, 0.2) is 0 Å². The number of fused-ring (bicyclic) bond motifs is 1. The molecule has 0 radical (unpaired) electrons. The first-order chi connectivity index (χ1) is 9.24. The van der Waals surface area contributed by atoms with E-state index < -0.39 is 6.56 Å². The third kappa shape index (κ3) is 1.73. The molecule has 0 amide bonds. The number of nitrogens with zero attached hydrogens (tertiary/aromatic N) is 6. The first-order valence-corrected chi connectivity index (χ1v) is 9.28. The number of halogens is 1. The third-order valence-electron chi connectivity index (χ3n) is 3.72. The van der Waals surface area contributed by atoms with Gasteiger partial charge in [0.05, 0.1) is 0 Å². The Morgan fingerprint density at radius 2 is 1.45 bits per heavy atom. The van der Waals surface area contributed by atoms with Crippen molar-refractivity contribution in [2.24, 2.45) is 0 Å². The molecule has 1 aromatic heterocycles. The van der Waals surface area contributed by atoms with Gasteiger partial charge in [-0.25, -0.2) is 0 Å². The van der Waals surface area contributed by atoms with E-state index in [0.717, 1.165) is 11.0 Å². The molecule has 0 aliphatic carbocycles. The van der Waals surface area contributed by atoms with Gasteiger partial charge >= 0.3 is 124 Å². The van der Waals surface area contributed by atoms with Crippen molar-refractivity contribution < 1.29 is 0 Å². The molecule has 0 spiro atoms. The summed E-state index contributed by atoms with van der Waals surface area (Å²) in [5, 5.41) is 8.63. The summed E-state index contributed by atoms with van der Waals surface area (Å²) < 4.78 is 7.97. The van der Waals surface area contributed by atoms with Crippen LogP contribution in [0.1, 0.15) is 0 Å². The van der Waals surface area contributed by atoms with E-state index in [1.807, 2.05) is 85.0 Å². The molecule has 8 heteroatoms. The molecule has 112 valence electrons. The number of benzene rings is 1. The predicted octanol–water partition coefficient (Wildman–Crippen LogP) is 2.33. The molecule has 0 fully saturated rings. The summed E-state index contributed by atoms with van der Waals surface area (Å²) in [5.74, 6) is 0. The van der Waals surface area contributed by atoms with Gasteiger partial charge in [-0.05, 0) is 0 Å². The molecule has 0 saturated carbocycles. The molecule has 0 aliphatic heterocycles. The number of hydrogen-bond donors (Lipinski definition) is 0. The molecule has 1 heterocycles. The minimum atomic E-state index is -3.30. The molecule has 0 saturated heterocycles. The van der Waals surface area contributed by atoms with Crippen molar-refractivity contribution in [2.75, 3.05) is 42.3 Å². The van der Waals surface area contributed by atoms with Gasteiger partial charge in [0, 0.05) is 0 Å². The number of hydrogen-bond acceptors (Lipinski definition) is 5. The third-order valence-corrected chi connectivity index (χ3v) is 11.9. The Hall–Kier alpha value is -0.780. The first-order valence-electron chi connectivity index (χ1n) is 6.33. The fourth-order valence-electron chi connectivity index (χ4n) is 2.69. The topological polar surface area (TPSA) is 40.4 Å². The molecule has 0 bridgehead atoms. The molecule has 1 aromatic carbocycles. The van der Waals surface area contributed by atoms with Crippen LogP contribution in [0.4, 0.5) is 0 Å². The van der Waals surface area contributed by atoms with Crippen LogP contribution in [0, 0.1) is 0 Å². The number of rotatable bonds is 4. The van der Waals surface area contributed by atoms with E-state index >= 15 is 0 Å². The van der Waals surface area contributed by atoms with Crippen LogP contribution in [0.25, 0.3) is 11.0 Å².